The van der Waals surface area contributed by atoms with Gasteiger partial charge in [-0.05, 0) is 36.8 Å². The van der Waals surface area contributed by atoms with Gasteiger partial charge in [0, 0.05) is 43.1 Å². The molecule has 2 aromatic rings. The van der Waals surface area contributed by atoms with Crippen LogP contribution in [0.1, 0.15) is 30.9 Å². The summed E-state index contributed by atoms with van der Waals surface area (Å²) >= 11 is 0. The third kappa shape index (κ3) is 4.40. The lowest BCUT2D eigenvalue weighted by molar-refractivity contribution is -0.116. The molecule has 30 heavy (non-hydrogen) atoms. The summed E-state index contributed by atoms with van der Waals surface area (Å²) < 4.78 is 42.3. The van der Waals surface area contributed by atoms with Crippen LogP contribution in [0.4, 0.5) is 35.9 Å². The Morgan fingerprint density at radius 2 is 2.10 bits per heavy atom. The van der Waals surface area contributed by atoms with Gasteiger partial charge < -0.3 is 21.7 Å². The lowest BCUT2D eigenvalue weighted by Crippen LogP contribution is -2.19. The third-order valence-corrected chi connectivity index (χ3v) is 4.62. The van der Waals surface area contributed by atoms with E-state index in [1.165, 1.54) is 13.3 Å². The van der Waals surface area contributed by atoms with E-state index < -0.39 is 12.2 Å². The maximum Gasteiger partial charge on any atom is 0.264 e. The number of nitrogens with one attached hydrogen (secondary N) is 3. The number of hydrogen-bond acceptors (Lipinski definition) is 5. The van der Waals surface area contributed by atoms with Crippen LogP contribution in [-0.4, -0.2) is 25.2 Å². The highest BCUT2D eigenvalue weighted by molar-refractivity contribution is 6.10. The Morgan fingerprint density at radius 1 is 1.33 bits per heavy atom. The van der Waals surface area contributed by atoms with E-state index in [0.29, 0.717) is 17.1 Å². The second-order valence-corrected chi connectivity index (χ2v) is 6.88. The van der Waals surface area contributed by atoms with Crippen molar-refractivity contribution in [2.75, 3.05) is 23.0 Å². The minimum absolute atomic E-state index is 0.0351. The molecule has 0 aliphatic carbocycles. The summed E-state index contributed by atoms with van der Waals surface area (Å²) in [5.74, 6) is -0.887. The molecule has 0 spiro atoms. The Balaban J connectivity index is 2.06. The van der Waals surface area contributed by atoms with Crippen LogP contribution in [0.3, 0.4) is 0 Å². The minimum atomic E-state index is -2.85. The van der Waals surface area contributed by atoms with Crippen molar-refractivity contribution in [3.05, 3.63) is 53.5 Å². The van der Waals surface area contributed by atoms with Crippen molar-refractivity contribution in [3.63, 3.8) is 0 Å². The normalized spacial score (nSPS) is 16.8. The Labute approximate surface area is 172 Å². The molecule has 0 fully saturated rings. The number of carbonyl (C=O) groups is 1. The number of allylic oxidation sites excluding steroid dienone is 1. The zero-order valence-corrected chi connectivity index (χ0v) is 16.5. The van der Waals surface area contributed by atoms with Crippen LogP contribution >= 0.6 is 0 Å². The highest BCUT2D eigenvalue weighted by atomic mass is 19.3. The number of rotatable bonds is 5. The zero-order valence-electron chi connectivity index (χ0n) is 16.5. The molecule has 0 aromatic heterocycles. The SMILES string of the molecule is CN=C/C(=C\N)c1cc(F)c(Nc2cccc3c2N[C@H](C)CC(=O)N3)cc1C(F)F. The summed E-state index contributed by atoms with van der Waals surface area (Å²) in [5, 5.41) is 8.84. The number of alkyl halides is 2. The number of anilines is 4. The van der Waals surface area contributed by atoms with Crippen LogP contribution < -0.4 is 21.7 Å². The Bertz CT molecular complexity index is 1020. The Morgan fingerprint density at radius 3 is 2.77 bits per heavy atom. The van der Waals surface area contributed by atoms with Crippen LogP contribution in [0.5, 0.6) is 0 Å². The van der Waals surface area contributed by atoms with Gasteiger partial charge in [-0.1, -0.05) is 6.07 Å². The molecule has 6 nitrogen and oxygen atoms in total. The van der Waals surface area contributed by atoms with E-state index in [-0.39, 0.29) is 40.8 Å². The van der Waals surface area contributed by atoms with E-state index >= 15 is 0 Å². The summed E-state index contributed by atoms with van der Waals surface area (Å²) in [6.45, 7) is 1.84. The first-order valence-corrected chi connectivity index (χ1v) is 9.26. The topological polar surface area (TPSA) is 91.5 Å². The predicted octanol–water partition coefficient (Wildman–Crippen LogP) is 4.65. The molecule has 0 saturated heterocycles. The number of fused-ring (bicyclic) bond motifs is 1. The van der Waals surface area contributed by atoms with Gasteiger partial charge in [0.2, 0.25) is 5.91 Å². The van der Waals surface area contributed by atoms with Gasteiger partial charge in [0.25, 0.3) is 6.43 Å². The fraction of sp³-hybridized carbons (Fsp3) is 0.238. The van der Waals surface area contributed by atoms with Gasteiger partial charge in [0.1, 0.15) is 5.82 Å². The van der Waals surface area contributed by atoms with E-state index in [4.69, 9.17) is 5.73 Å². The van der Waals surface area contributed by atoms with Gasteiger partial charge in [-0.2, -0.15) is 0 Å². The molecule has 1 aliphatic rings. The molecular formula is C21H22F3N5O. The molecule has 1 amide bonds. The van der Waals surface area contributed by atoms with E-state index in [0.717, 1.165) is 18.3 Å². The van der Waals surface area contributed by atoms with Gasteiger partial charge in [0.15, 0.2) is 0 Å². The maximum absolute atomic E-state index is 14.9. The van der Waals surface area contributed by atoms with Gasteiger partial charge >= 0.3 is 0 Å². The van der Waals surface area contributed by atoms with Gasteiger partial charge in [-0.25, -0.2) is 13.2 Å². The van der Waals surface area contributed by atoms with Gasteiger partial charge in [-0.3, -0.25) is 9.79 Å². The number of aliphatic imine (C=N–C) groups is 1. The van der Waals surface area contributed by atoms with Crippen molar-refractivity contribution in [3.8, 4) is 0 Å². The molecule has 1 heterocycles. The van der Waals surface area contributed by atoms with Crippen LogP contribution in [0.2, 0.25) is 0 Å². The van der Waals surface area contributed by atoms with Gasteiger partial charge in [-0.15, -0.1) is 0 Å². The van der Waals surface area contributed by atoms with E-state index in [2.05, 4.69) is 20.9 Å². The monoisotopic (exact) mass is 417 g/mol. The average Bonchev–Trinajstić information content (AvgIpc) is 2.84. The molecule has 0 bridgehead atoms. The van der Waals surface area contributed by atoms with Crippen molar-refractivity contribution in [2.45, 2.75) is 25.8 Å². The predicted molar refractivity (Wildman–Crippen MR) is 114 cm³/mol. The molecule has 9 heteroatoms. The number of carbonyl (C=O) groups excluding carboxylic acids is 1. The zero-order chi connectivity index (χ0) is 21.8. The minimum Gasteiger partial charge on any atom is -0.404 e. The molecule has 0 radical (unpaired) electrons. The van der Waals surface area contributed by atoms with Crippen molar-refractivity contribution >= 4 is 40.4 Å². The quantitative estimate of drug-likeness (QED) is 0.533. The largest absolute Gasteiger partial charge is 0.404 e. The highest BCUT2D eigenvalue weighted by Gasteiger charge is 2.22. The summed E-state index contributed by atoms with van der Waals surface area (Å²) in [5.41, 5.74) is 6.67. The summed E-state index contributed by atoms with van der Waals surface area (Å²) in [6.07, 6.45) is -0.198. The molecule has 3 rings (SSSR count). The van der Waals surface area contributed by atoms with Crippen LogP contribution in [0, 0.1) is 5.82 Å². The Kier molecular flexibility index (Phi) is 6.29. The fourth-order valence-electron chi connectivity index (χ4n) is 3.30. The van der Waals surface area contributed by atoms with E-state index in [1.807, 2.05) is 6.92 Å². The second kappa shape index (κ2) is 8.89. The number of para-hydroxylation sites is 1. The first-order chi connectivity index (χ1) is 14.3. The highest BCUT2D eigenvalue weighted by Crippen LogP contribution is 2.38. The molecule has 5 N–H and O–H groups in total. The number of hydrogen-bond donors (Lipinski definition) is 4. The second-order valence-electron chi connectivity index (χ2n) is 6.88. The molecule has 1 aliphatic heterocycles. The van der Waals surface area contributed by atoms with E-state index in [9.17, 15) is 18.0 Å². The molecular weight excluding hydrogens is 395 g/mol. The maximum atomic E-state index is 14.9. The molecule has 0 unspecified atom stereocenters. The number of halogens is 3. The number of nitrogens with zero attached hydrogens (tertiary/aromatic N) is 1. The van der Waals surface area contributed by atoms with Gasteiger partial charge in [0.05, 0.1) is 22.7 Å². The molecule has 1 atom stereocenters. The van der Waals surface area contributed by atoms with Crippen molar-refractivity contribution in [2.24, 2.45) is 10.7 Å². The summed E-state index contributed by atoms with van der Waals surface area (Å²) in [7, 11) is 1.46. The summed E-state index contributed by atoms with van der Waals surface area (Å²) in [6, 6.07) is 6.94. The number of benzene rings is 2. The van der Waals surface area contributed by atoms with Crippen molar-refractivity contribution in [1.29, 1.82) is 0 Å². The molecule has 0 saturated carbocycles. The first-order valence-electron chi connectivity index (χ1n) is 9.26. The standard InChI is InChI=1S/C21H22F3N5O/c1-11-6-19(30)29-17-5-3-4-16(20(17)27-11)28-18-8-14(21(23)24)13(7-15(18)22)12(9-25)10-26-2/h3-5,7-11,21,27-28H,6,25H2,1-2H3,(H,29,30)/b12-9+,26-10?/t11-/m1/s1. The average molecular weight is 417 g/mol. The van der Waals surface area contributed by atoms with E-state index in [1.54, 1.807) is 18.2 Å². The first kappa shape index (κ1) is 21.2. The van der Waals surface area contributed by atoms with Crippen molar-refractivity contribution < 1.29 is 18.0 Å². The fourth-order valence-corrected chi connectivity index (χ4v) is 3.30. The Hall–Kier alpha value is -3.49. The van der Waals surface area contributed by atoms with Crippen molar-refractivity contribution in [1.82, 2.24) is 0 Å². The smallest absolute Gasteiger partial charge is 0.264 e. The van der Waals surface area contributed by atoms with Crippen LogP contribution in [0.15, 0.2) is 41.5 Å². The molecule has 158 valence electrons. The lowest BCUT2D eigenvalue weighted by atomic mass is 9.99. The van der Waals surface area contributed by atoms with Crippen LogP contribution in [-0.2, 0) is 4.79 Å². The van der Waals surface area contributed by atoms with Crippen LogP contribution in [0.25, 0.3) is 5.57 Å². The molecule has 2 aromatic carbocycles. The summed E-state index contributed by atoms with van der Waals surface area (Å²) in [4.78, 5) is 15.7. The third-order valence-electron chi connectivity index (χ3n) is 4.62. The number of amides is 1. The number of nitrogens with two attached hydrogens (primary N) is 1. The lowest BCUT2D eigenvalue weighted by Gasteiger charge is -2.19.